The van der Waals surface area contributed by atoms with Crippen LogP contribution in [0.15, 0.2) is 231 Å². The van der Waals surface area contributed by atoms with Crippen molar-refractivity contribution in [2.75, 3.05) is 0 Å². The first kappa shape index (κ1) is 36.1. The standard InChI is InChI=1S/C62H40S/c1-2-12-39(13-3-1)42-14-10-15-43(34-42)40-24-26-41(27-25-40)44-16-11-17-45(35-44)46-28-31-54-56(36-46)49-18-4-6-21-52(49)61(54)47-29-32-55-57(37-47)50-19-5-7-22-53(50)62(55)48-30-33-60-58(38-48)51-20-8-9-23-59(51)63-60/h1-38,61-62H. The second-order valence-corrected chi connectivity index (χ2v) is 18.2. The van der Waals surface area contributed by atoms with Gasteiger partial charge < -0.3 is 0 Å². The zero-order valence-corrected chi connectivity index (χ0v) is 35.3. The van der Waals surface area contributed by atoms with E-state index >= 15 is 0 Å². The van der Waals surface area contributed by atoms with Crippen LogP contribution in [0.4, 0.5) is 0 Å². The van der Waals surface area contributed by atoms with Gasteiger partial charge in [-0.2, -0.15) is 0 Å². The van der Waals surface area contributed by atoms with Crippen LogP contribution in [0.2, 0.25) is 0 Å². The number of hydrogen-bond donors (Lipinski definition) is 0. The molecule has 0 saturated heterocycles. The molecular weight excluding hydrogens is 777 g/mol. The molecule has 1 heterocycles. The smallest absolute Gasteiger partial charge is 0.0355 e. The number of benzene rings is 10. The molecule has 10 aromatic carbocycles. The lowest BCUT2D eigenvalue weighted by atomic mass is 9.85. The maximum atomic E-state index is 2.51. The highest BCUT2D eigenvalue weighted by molar-refractivity contribution is 7.25. The molecule has 0 N–H and O–H groups in total. The maximum absolute atomic E-state index is 2.51. The summed E-state index contributed by atoms with van der Waals surface area (Å²) in [5.74, 6) is 0.359. The van der Waals surface area contributed by atoms with Gasteiger partial charge in [-0.15, -0.1) is 11.3 Å². The summed E-state index contributed by atoms with van der Waals surface area (Å²) in [6.07, 6.45) is 0. The van der Waals surface area contributed by atoms with Crippen LogP contribution in [0.1, 0.15) is 45.2 Å². The van der Waals surface area contributed by atoms with Gasteiger partial charge in [0.2, 0.25) is 0 Å². The third kappa shape index (κ3) is 5.96. The average Bonchev–Trinajstić information content (AvgIpc) is 4.01. The minimum Gasteiger partial charge on any atom is -0.135 e. The van der Waals surface area contributed by atoms with E-state index in [1.165, 1.54) is 120 Å². The minimum absolute atomic E-state index is 0.161. The van der Waals surface area contributed by atoms with E-state index in [9.17, 15) is 0 Å². The highest BCUT2D eigenvalue weighted by Gasteiger charge is 2.34. The summed E-state index contributed by atoms with van der Waals surface area (Å²) in [6, 6.07) is 86.1. The molecule has 2 unspecified atom stereocenters. The maximum Gasteiger partial charge on any atom is 0.0355 e. The van der Waals surface area contributed by atoms with Crippen LogP contribution >= 0.6 is 11.3 Å². The Labute approximate surface area is 372 Å². The third-order valence-corrected chi connectivity index (χ3v) is 14.8. The van der Waals surface area contributed by atoms with Crippen molar-refractivity contribution in [1.82, 2.24) is 0 Å². The molecule has 1 heteroatoms. The Morgan fingerprint density at radius 2 is 0.667 bits per heavy atom. The zero-order valence-electron chi connectivity index (χ0n) is 34.5. The molecule has 0 radical (unpaired) electrons. The van der Waals surface area contributed by atoms with Gasteiger partial charge >= 0.3 is 0 Å². The summed E-state index contributed by atoms with van der Waals surface area (Å²) in [6.45, 7) is 0. The normalized spacial score (nSPS) is 14.7. The van der Waals surface area contributed by atoms with Crippen LogP contribution in [0, 0.1) is 0 Å². The van der Waals surface area contributed by atoms with Crippen molar-refractivity contribution in [1.29, 1.82) is 0 Å². The van der Waals surface area contributed by atoms with Crippen molar-refractivity contribution in [3.63, 3.8) is 0 Å². The Hall–Kier alpha value is -7.58. The first-order valence-corrected chi connectivity index (χ1v) is 22.8. The van der Waals surface area contributed by atoms with E-state index in [4.69, 9.17) is 0 Å². The lowest BCUT2D eigenvalue weighted by Gasteiger charge is -2.18. The Kier molecular flexibility index (Phi) is 8.32. The van der Waals surface area contributed by atoms with Gasteiger partial charge in [0, 0.05) is 32.0 Å². The molecule has 0 nitrogen and oxygen atoms in total. The van der Waals surface area contributed by atoms with Crippen molar-refractivity contribution in [2.45, 2.75) is 11.8 Å². The molecular formula is C62H40S. The lowest BCUT2D eigenvalue weighted by molar-refractivity contribution is 0.995. The second kappa shape index (κ2) is 14.5. The Morgan fingerprint density at radius 1 is 0.238 bits per heavy atom. The van der Waals surface area contributed by atoms with Crippen molar-refractivity contribution in [3.05, 3.63) is 264 Å². The van der Waals surface area contributed by atoms with E-state index in [0.717, 1.165) is 0 Å². The molecule has 0 spiro atoms. The Morgan fingerprint density at radius 3 is 1.33 bits per heavy atom. The van der Waals surface area contributed by atoms with Gasteiger partial charge in [-0.05, 0) is 143 Å². The first-order valence-electron chi connectivity index (χ1n) is 22.0. The van der Waals surface area contributed by atoms with E-state index in [0.29, 0.717) is 0 Å². The van der Waals surface area contributed by atoms with Crippen molar-refractivity contribution < 1.29 is 0 Å². The minimum atomic E-state index is 0.161. The molecule has 0 amide bonds. The number of hydrogen-bond acceptors (Lipinski definition) is 1. The monoisotopic (exact) mass is 816 g/mol. The van der Waals surface area contributed by atoms with E-state index < -0.39 is 0 Å². The summed E-state index contributed by atoms with van der Waals surface area (Å²) in [5.41, 5.74) is 23.4. The van der Waals surface area contributed by atoms with Crippen LogP contribution in [0.3, 0.4) is 0 Å². The zero-order chi connectivity index (χ0) is 41.4. The van der Waals surface area contributed by atoms with Crippen LogP contribution in [-0.4, -0.2) is 0 Å². The average molecular weight is 817 g/mol. The fourth-order valence-corrected chi connectivity index (χ4v) is 11.8. The highest BCUT2D eigenvalue weighted by Crippen LogP contribution is 2.53. The third-order valence-electron chi connectivity index (χ3n) is 13.7. The quantitative estimate of drug-likeness (QED) is 0.157. The SMILES string of the molecule is c1ccc(-c2cccc(-c3ccc(-c4cccc(-c5ccc6c(c5)-c5ccccc5C6c5ccc6c(c5)-c5ccccc5C6c5ccc6sc7ccccc7c6c5)c4)cc3)c2)cc1. The van der Waals surface area contributed by atoms with Gasteiger partial charge in [-0.1, -0.05) is 188 Å². The summed E-state index contributed by atoms with van der Waals surface area (Å²) >= 11 is 1.89. The topological polar surface area (TPSA) is 0 Å². The highest BCUT2D eigenvalue weighted by atomic mass is 32.1. The summed E-state index contributed by atoms with van der Waals surface area (Å²) in [7, 11) is 0. The van der Waals surface area contributed by atoms with Crippen LogP contribution < -0.4 is 0 Å². The molecule has 2 aliphatic carbocycles. The van der Waals surface area contributed by atoms with E-state index in [1.807, 2.05) is 11.3 Å². The Bertz CT molecular complexity index is 3570. The van der Waals surface area contributed by atoms with E-state index in [1.54, 1.807) is 0 Å². The lowest BCUT2D eigenvalue weighted by Crippen LogP contribution is -2.02. The van der Waals surface area contributed by atoms with Crippen LogP contribution in [0.25, 0.3) is 86.9 Å². The van der Waals surface area contributed by atoms with Gasteiger partial charge in [-0.3, -0.25) is 0 Å². The molecule has 2 atom stereocenters. The van der Waals surface area contributed by atoms with Gasteiger partial charge in [0.25, 0.3) is 0 Å². The number of fused-ring (bicyclic) bond motifs is 9. The molecule has 2 aliphatic rings. The van der Waals surface area contributed by atoms with Crippen molar-refractivity contribution >= 4 is 31.5 Å². The number of rotatable bonds is 6. The molecule has 0 fully saturated rings. The summed E-state index contributed by atoms with van der Waals surface area (Å²) in [4.78, 5) is 0. The second-order valence-electron chi connectivity index (χ2n) is 17.1. The molecule has 1 aromatic heterocycles. The van der Waals surface area contributed by atoms with Crippen LogP contribution in [0.5, 0.6) is 0 Å². The fraction of sp³-hybridized carbons (Fsp3) is 0.0323. The van der Waals surface area contributed by atoms with E-state index in [-0.39, 0.29) is 11.8 Å². The largest absolute Gasteiger partial charge is 0.135 e. The molecule has 294 valence electrons. The summed E-state index contributed by atoms with van der Waals surface area (Å²) in [5, 5.41) is 2.71. The predicted molar refractivity (Wildman–Crippen MR) is 267 cm³/mol. The van der Waals surface area contributed by atoms with Gasteiger partial charge in [0.15, 0.2) is 0 Å². The molecule has 63 heavy (non-hydrogen) atoms. The molecule has 0 saturated carbocycles. The van der Waals surface area contributed by atoms with Gasteiger partial charge in [-0.25, -0.2) is 0 Å². The molecule has 11 aromatic rings. The first-order chi connectivity index (χ1) is 31.2. The van der Waals surface area contributed by atoms with Gasteiger partial charge in [0.05, 0.1) is 0 Å². The Balaban J connectivity index is 0.835. The number of thiophene rings is 1. The van der Waals surface area contributed by atoms with Crippen LogP contribution in [-0.2, 0) is 0 Å². The fourth-order valence-electron chi connectivity index (χ4n) is 10.7. The van der Waals surface area contributed by atoms with Crippen molar-refractivity contribution in [3.8, 4) is 66.8 Å². The van der Waals surface area contributed by atoms with Gasteiger partial charge in [0.1, 0.15) is 0 Å². The van der Waals surface area contributed by atoms with Crippen molar-refractivity contribution in [2.24, 2.45) is 0 Å². The molecule has 0 bridgehead atoms. The predicted octanol–water partition coefficient (Wildman–Crippen LogP) is 17.0. The molecule has 0 aliphatic heterocycles. The molecule has 13 rings (SSSR count). The summed E-state index contributed by atoms with van der Waals surface area (Å²) < 4.78 is 2.70. The van der Waals surface area contributed by atoms with E-state index in [2.05, 4.69) is 231 Å².